The van der Waals surface area contributed by atoms with Crippen LogP contribution in [0.25, 0.3) is 0 Å². The van der Waals surface area contributed by atoms with E-state index in [1.807, 2.05) is 78.9 Å². The molecular weight excluding hydrogens is 643 g/mol. The van der Waals surface area contributed by atoms with Gasteiger partial charge in [-0.15, -0.1) is 0 Å². The van der Waals surface area contributed by atoms with E-state index in [1.54, 1.807) is 23.9 Å². The molecule has 228 valence electrons. The molecule has 0 aliphatic carbocycles. The van der Waals surface area contributed by atoms with Crippen LogP contribution in [-0.2, 0) is 21.7 Å². The first-order chi connectivity index (χ1) is 21.5. The molecule has 2 atom stereocenters. The second-order valence-electron chi connectivity index (χ2n) is 10.4. The molecule has 5 rings (SSSR count). The highest BCUT2D eigenvalue weighted by molar-refractivity contribution is 9.10. The summed E-state index contributed by atoms with van der Waals surface area (Å²) in [7, 11) is 0. The first-order valence-corrected chi connectivity index (χ1v) is 16.4. The molecule has 0 fully saturated rings. The van der Waals surface area contributed by atoms with E-state index in [1.165, 1.54) is 12.1 Å². The van der Waals surface area contributed by atoms with Crippen molar-refractivity contribution in [1.29, 1.82) is 0 Å². The number of hydrogen-bond acceptors (Lipinski definition) is 6. The van der Waals surface area contributed by atoms with Gasteiger partial charge in [-0.25, -0.2) is 9.38 Å². The number of halogens is 2. The molecule has 0 unspecified atom stereocenters. The number of hydrogen-bond donors (Lipinski definition) is 2. The van der Waals surface area contributed by atoms with Gasteiger partial charge in [0, 0.05) is 47.5 Å². The first-order valence-electron chi connectivity index (χ1n) is 14.5. The summed E-state index contributed by atoms with van der Waals surface area (Å²) in [4.78, 5) is 19.4. The largest absolute Gasteiger partial charge is 0.494 e. The van der Waals surface area contributed by atoms with Gasteiger partial charge in [0.1, 0.15) is 11.6 Å². The third-order valence-electron chi connectivity index (χ3n) is 7.23. The zero-order valence-electron chi connectivity index (χ0n) is 24.1. The molecule has 1 aliphatic heterocycles. The first kappa shape index (κ1) is 31.8. The maximum atomic E-state index is 14.3. The van der Waals surface area contributed by atoms with Crippen LogP contribution in [0.4, 0.5) is 4.39 Å². The molecule has 4 aromatic rings. The number of aliphatic hydroxyl groups is 1. The van der Waals surface area contributed by atoms with Crippen molar-refractivity contribution in [1.82, 2.24) is 5.32 Å². The number of amides is 1. The summed E-state index contributed by atoms with van der Waals surface area (Å²) in [6, 6.07) is 31.5. The van der Waals surface area contributed by atoms with Gasteiger partial charge in [0.25, 0.3) is 5.91 Å². The summed E-state index contributed by atoms with van der Waals surface area (Å²) >= 11 is 5.18. The Kier molecular flexibility index (Phi) is 11.1. The lowest BCUT2D eigenvalue weighted by Gasteiger charge is -2.31. The van der Waals surface area contributed by atoms with Crippen molar-refractivity contribution in [3.05, 3.63) is 136 Å². The number of carbonyl (C=O) groups excluding carboxylic acids is 1. The fourth-order valence-corrected chi connectivity index (χ4v) is 6.07. The predicted octanol–water partition coefficient (Wildman–Crippen LogP) is 6.90. The van der Waals surface area contributed by atoms with Gasteiger partial charge in [-0.3, -0.25) is 4.79 Å². The Bertz CT molecular complexity index is 1540. The van der Waals surface area contributed by atoms with E-state index in [-0.39, 0.29) is 18.3 Å². The standard InChI is InChI=1S/C35H34BrFN2O4S/c36-29-13-7-25(8-14-29)23-35(34(41)38-19-22-44-24-26-9-15-30(37)16-10-26)32(27-5-2-1-3-6-27)43-33(39-35)28-11-17-31(18-12-28)42-21-4-20-40/h1-3,5-18,32,40H,4,19-24H2,(H,38,41)/t32-,35-/m1/s1. The van der Waals surface area contributed by atoms with E-state index in [9.17, 15) is 9.18 Å². The molecule has 0 saturated carbocycles. The maximum Gasteiger partial charge on any atom is 0.252 e. The van der Waals surface area contributed by atoms with Crippen LogP contribution in [0.1, 0.15) is 34.8 Å². The number of ether oxygens (including phenoxy) is 2. The average molecular weight is 678 g/mol. The van der Waals surface area contributed by atoms with Crippen molar-refractivity contribution < 1.29 is 23.8 Å². The van der Waals surface area contributed by atoms with Crippen LogP contribution >= 0.6 is 27.7 Å². The molecule has 2 N–H and O–H groups in total. The van der Waals surface area contributed by atoms with Gasteiger partial charge >= 0.3 is 0 Å². The summed E-state index contributed by atoms with van der Waals surface area (Å²) in [5, 5.41) is 12.2. The van der Waals surface area contributed by atoms with Crippen molar-refractivity contribution in [2.75, 3.05) is 25.5 Å². The third kappa shape index (κ3) is 8.08. The van der Waals surface area contributed by atoms with Crippen LogP contribution in [0.3, 0.4) is 0 Å². The van der Waals surface area contributed by atoms with E-state index in [0.29, 0.717) is 43.4 Å². The highest BCUT2D eigenvalue weighted by Crippen LogP contribution is 2.42. The molecule has 0 radical (unpaired) electrons. The zero-order chi connectivity index (χ0) is 30.8. The highest BCUT2D eigenvalue weighted by Gasteiger charge is 2.53. The molecular formula is C35H34BrFN2O4S. The minimum absolute atomic E-state index is 0.0685. The van der Waals surface area contributed by atoms with E-state index in [4.69, 9.17) is 19.6 Å². The average Bonchev–Trinajstić information content (AvgIpc) is 3.44. The molecule has 1 amide bonds. The number of aliphatic hydroxyl groups excluding tert-OH is 1. The summed E-state index contributed by atoms with van der Waals surface area (Å²) in [6.07, 6.45) is 0.226. The molecule has 0 bridgehead atoms. The second-order valence-corrected chi connectivity index (χ2v) is 12.5. The van der Waals surface area contributed by atoms with Crippen molar-refractivity contribution in [3.63, 3.8) is 0 Å². The minimum atomic E-state index is -1.26. The van der Waals surface area contributed by atoms with Crippen LogP contribution in [-0.4, -0.2) is 48.0 Å². The predicted molar refractivity (Wildman–Crippen MR) is 177 cm³/mol. The number of thioether (sulfide) groups is 1. The van der Waals surface area contributed by atoms with Gasteiger partial charge in [0.2, 0.25) is 5.90 Å². The van der Waals surface area contributed by atoms with Crippen LogP contribution in [0.5, 0.6) is 5.75 Å². The number of nitrogens with one attached hydrogen (secondary N) is 1. The summed E-state index contributed by atoms with van der Waals surface area (Å²) < 4.78 is 26.5. The van der Waals surface area contributed by atoms with Crippen LogP contribution in [0, 0.1) is 5.82 Å². The minimum Gasteiger partial charge on any atom is -0.494 e. The topological polar surface area (TPSA) is 80.2 Å². The summed E-state index contributed by atoms with van der Waals surface area (Å²) in [6.45, 7) is 0.931. The van der Waals surface area contributed by atoms with Crippen molar-refractivity contribution >= 4 is 39.5 Å². The van der Waals surface area contributed by atoms with Crippen LogP contribution < -0.4 is 10.1 Å². The fourth-order valence-electron chi connectivity index (χ4n) is 4.98. The molecule has 0 aromatic heterocycles. The van der Waals surface area contributed by atoms with Crippen LogP contribution in [0.15, 0.2) is 113 Å². The van der Waals surface area contributed by atoms with Gasteiger partial charge in [-0.1, -0.05) is 70.5 Å². The fraction of sp³-hybridized carbons (Fsp3) is 0.257. The Morgan fingerprint density at radius 1 is 0.977 bits per heavy atom. The van der Waals surface area contributed by atoms with Gasteiger partial charge in [0.05, 0.1) is 6.61 Å². The number of rotatable bonds is 14. The molecule has 6 nitrogen and oxygen atoms in total. The molecule has 9 heteroatoms. The van der Waals surface area contributed by atoms with Crippen molar-refractivity contribution in [2.24, 2.45) is 4.99 Å². The maximum absolute atomic E-state index is 14.3. The third-order valence-corrected chi connectivity index (χ3v) is 8.79. The summed E-state index contributed by atoms with van der Waals surface area (Å²) in [5.74, 6) is 2.00. The highest BCUT2D eigenvalue weighted by atomic mass is 79.9. The Hall–Kier alpha value is -3.66. The molecule has 0 saturated heterocycles. The van der Waals surface area contributed by atoms with Gasteiger partial charge in [-0.05, 0) is 65.2 Å². The molecule has 0 spiro atoms. The SMILES string of the molecule is O=C(NCCSCc1ccc(F)cc1)[C@]1(Cc2ccc(Br)cc2)N=C(c2ccc(OCCCO)cc2)O[C@@H]1c1ccccc1. The van der Waals surface area contributed by atoms with Gasteiger partial charge < -0.3 is 19.9 Å². The van der Waals surface area contributed by atoms with E-state index >= 15 is 0 Å². The monoisotopic (exact) mass is 676 g/mol. The zero-order valence-corrected chi connectivity index (χ0v) is 26.5. The summed E-state index contributed by atoms with van der Waals surface area (Å²) in [5.41, 5.74) is 2.31. The van der Waals surface area contributed by atoms with Gasteiger partial charge in [-0.2, -0.15) is 11.8 Å². The number of benzene rings is 4. The van der Waals surface area contributed by atoms with Crippen molar-refractivity contribution in [2.45, 2.75) is 30.2 Å². The lowest BCUT2D eigenvalue weighted by molar-refractivity contribution is -0.128. The molecule has 4 aromatic carbocycles. The lowest BCUT2D eigenvalue weighted by atomic mass is 9.82. The lowest BCUT2D eigenvalue weighted by Crippen LogP contribution is -2.50. The molecule has 1 aliphatic rings. The number of aliphatic imine (C=N–C) groups is 1. The van der Waals surface area contributed by atoms with E-state index < -0.39 is 11.6 Å². The van der Waals surface area contributed by atoms with Gasteiger partial charge in [0.15, 0.2) is 11.6 Å². The smallest absolute Gasteiger partial charge is 0.252 e. The number of nitrogens with zero attached hydrogens (tertiary/aromatic N) is 1. The Morgan fingerprint density at radius 3 is 2.39 bits per heavy atom. The number of carbonyl (C=O) groups is 1. The van der Waals surface area contributed by atoms with Crippen LogP contribution in [0.2, 0.25) is 0 Å². The normalized spacial score (nSPS) is 17.5. The Morgan fingerprint density at radius 2 is 1.68 bits per heavy atom. The van der Waals surface area contributed by atoms with E-state index in [2.05, 4.69) is 21.2 Å². The molecule has 1 heterocycles. The van der Waals surface area contributed by atoms with E-state index in [0.717, 1.165) is 32.5 Å². The quantitative estimate of drug-likeness (QED) is 0.142. The Labute approximate surface area is 269 Å². The molecule has 44 heavy (non-hydrogen) atoms. The second kappa shape index (κ2) is 15.4. The van der Waals surface area contributed by atoms with Crippen molar-refractivity contribution in [3.8, 4) is 5.75 Å². The Balaban J connectivity index is 1.41.